The number of hydrogen-bond donors (Lipinski definition) is 3. The van der Waals surface area contributed by atoms with E-state index in [1.54, 1.807) is 30.1 Å². The van der Waals surface area contributed by atoms with Crippen LogP contribution in [0, 0.1) is 11.3 Å². The van der Waals surface area contributed by atoms with Gasteiger partial charge in [0.05, 0.1) is 17.7 Å². The molecule has 9 nitrogen and oxygen atoms in total. The van der Waals surface area contributed by atoms with Crippen LogP contribution in [0.25, 0.3) is 0 Å². The molecule has 1 saturated heterocycles. The van der Waals surface area contributed by atoms with Crippen molar-refractivity contribution in [1.82, 2.24) is 14.8 Å². The quantitative estimate of drug-likeness (QED) is 0.501. The van der Waals surface area contributed by atoms with Crippen molar-refractivity contribution in [3.63, 3.8) is 0 Å². The van der Waals surface area contributed by atoms with Crippen LogP contribution in [0.1, 0.15) is 55.8 Å². The van der Waals surface area contributed by atoms with Gasteiger partial charge in [-0.3, -0.25) is 14.5 Å². The lowest BCUT2D eigenvalue weighted by atomic mass is 9.38. The summed E-state index contributed by atoms with van der Waals surface area (Å²) in [5.41, 5.74) is 1.01. The molecular formula is C32H36N4O5. The van der Waals surface area contributed by atoms with Gasteiger partial charge >= 0.3 is 0 Å². The second-order valence-electron chi connectivity index (χ2n) is 13.2. The predicted molar refractivity (Wildman–Crippen MR) is 150 cm³/mol. The number of phenolic OH excluding ortho intramolecular Hbond substituents is 1. The molecule has 0 radical (unpaired) electrons. The van der Waals surface area contributed by atoms with Crippen LogP contribution in [0.4, 0.5) is 5.82 Å². The number of anilines is 1. The monoisotopic (exact) mass is 556 g/mol. The third-order valence-corrected chi connectivity index (χ3v) is 10.9. The van der Waals surface area contributed by atoms with E-state index in [4.69, 9.17) is 4.74 Å². The number of carbonyl (C=O) groups excluding carboxylic acids is 2. The summed E-state index contributed by atoms with van der Waals surface area (Å²) in [7, 11) is 1.73. The average molecular weight is 557 g/mol. The highest BCUT2D eigenvalue weighted by molar-refractivity contribution is 5.97. The molecule has 2 amide bonds. The molecule has 0 unspecified atom stereocenters. The summed E-state index contributed by atoms with van der Waals surface area (Å²) in [6.45, 7) is 3.66. The Hall–Kier alpha value is -3.43. The van der Waals surface area contributed by atoms with E-state index in [1.807, 2.05) is 12.1 Å². The summed E-state index contributed by atoms with van der Waals surface area (Å²) in [5.74, 6) is 1.34. The van der Waals surface area contributed by atoms with Crippen molar-refractivity contribution in [1.29, 1.82) is 0 Å². The fourth-order valence-electron chi connectivity index (χ4n) is 9.14. The van der Waals surface area contributed by atoms with Crippen molar-refractivity contribution in [3.8, 4) is 11.5 Å². The first-order chi connectivity index (χ1) is 19.7. The molecule has 7 aliphatic rings. The molecule has 214 valence electrons. The standard InChI is InChI=1S/C32H36N4O5/c1-18(37)33-25-5-3-4-21(34-25)17-35(2)28(39)22-15-30-10-11-32(22,40)29-31(30)12-13-36(16-19-6-7-19)24(30)14-20-8-9-23(38)27(41-29)26(20)31/h3-5,8-9,15,19,24,29,38,40H,6-7,10-14,16-17H2,1-2H3,(H,33,34,37)/t24-,29-,30-,31+,32-/m1/s1. The zero-order chi connectivity index (χ0) is 28.3. The van der Waals surface area contributed by atoms with Gasteiger partial charge in [-0.05, 0) is 74.8 Å². The van der Waals surface area contributed by atoms with Crippen LogP contribution >= 0.6 is 0 Å². The van der Waals surface area contributed by atoms with Crippen LogP contribution in [0.3, 0.4) is 0 Å². The number of likely N-dealkylation sites (N-methyl/N-ethyl adjacent to an activating group) is 1. The molecule has 5 aliphatic carbocycles. The van der Waals surface area contributed by atoms with Crippen molar-refractivity contribution in [2.45, 2.75) is 75.2 Å². The van der Waals surface area contributed by atoms with Crippen molar-refractivity contribution in [2.75, 3.05) is 25.5 Å². The number of aliphatic hydroxyl groups is 1. The Morgan fingerprint density at radius 3 is 2.80 bits per heavy atom. The molecule has 2 saturated carbocycles. The SMILES string of the molecule is CC(=O)Nc1cccc(CN(C)C(=O)C2=C[C@@]34CC[C@]2(O)[C@@H]2Oc5c(O)ccc6c5[C@@]23CCN(CC2CC2)[C@@H]4C6)n1. The smallest absolute Gasteiger partial charge is 0.252 e. The number of benzene rings is 1. The highest BCUT2D eigenvalue weighted by Crippen LogP contribution is 2.74. The molecule has 1 aromatic carbocycles. The van der Waals surface area contributed by atoms with Crippen molar-refractivity contribution >= 4 is 17.6 Å². The van der Waals surface area contributed by atoms with E-state index in [-0.39, 0.29) is 35.6 Å². The maximum atomic E-state index is 14.2. The van der Waals surface area contributed by atoms with E-state index in [9.17, 15) is 19.8 Å². The van der Waals surface area contributed by atoms with Crippen LogP contribution in [-0.2, 0) is 28.0 Å². The van der Waals surface area contributed by atoms with E-state index in [0.717, 1.165) is 43.8 Å². The molecule has 9 heteroatoms. The average Bonchev–Trinajstić information content (AvgIpc) is 3.67. The second kappa shape index (κ2) is 8.32. The third-order valence-electron chi connectivity index (χ3n) is 10.9. The fourth-order valence-corrected chi connectivity index (χ4v) is 9.14. The highest BCUT2D eigenvalue weighted by Gasteiger charge is 2.78. The van der Waals surface area contributed by atoms with Crippen molar-refractivity contribution in [3.05, 3.63) is 58.8 Å². The molecule has 9 rings (SSSR count). The summed E-state index contributed by atoms with van der Waals surface area (Å²) in [6, 6.07) is 9.31. The van der Waals surface area contributed by atoms with E-state index < -0.39 is 17.1 Å². The number of phenols is 1. The Morgan fingerprint density at radius 2 is 2.02 bits per heavy atom. The van der Waals surface area contributed by atoms with Gasteiger partial charge in [-0.1, -0.05) is 18.2 Å². The van der Waals surface area contributed by atoms with Gasteiger partial charge < -0.3 is 25.2 Å². The van der Waals surface area contributed by atoms with E-state index in [1.165, 1.54) is 25.3 Å². The summed E-state index contributed by atoms with van der Waals surface area (Å²) >= 11 is 0. The first-order valence-electron chi connectivity index (χ1n) is 14.9. The number of fused-ring (bicyclic) bond motifs is 1. The lowest BCUT2D eigenvalue weighted by molar-refractivity contribution is -0.188. The number of piperidine rings is 1. The van der Waals surface area contributed by atoms with Crippen LogP contribution < -0.4 is 10.1 Å². The van der Waals surface area contributed by atoms with Crippen LogP contribution in [0.5, 0.6) is 11.5 Å². The lowest BCUT2D eigenvalue weighted by Crippen LogP contribution is -2.78. The summed E-state index contributed by atoms with van der Waals surface area (Å²) in [5, 5.41) is 26.1. The largest absolute Gasteiger partial charge is 0.504 e. The first kappa shape index (κ1) is 25.3. The minimum Gasteiger partial charge on any atom is -0.504 e. The van der Waals surface area contributed by atoms with Gasteiger partial charge in [-0.15, -0.1) is 0 Å². The highest BCUT2D eigenvalue weighted by atomic mass is 16.5. The minimum atomic E-state index is -1.47. The molecule has 1 aromatic heterocycles. The molecular weight excluding hydrogens is 520 g/mol. The number of hydrogen-bond acceptors (Lipinski definition) is 7. The Labute approximate surface area is 239 Å². The number of nitrogens with one attached hydrogen (secondary N) is 1. The number of aromatic nitrogens is 1. The Morgan fingerprint density at radius 1 is 1.20 bits per heavy atom. The Balaban J connectivity index is 1.21. The van der Waals surface area contributed by atoms with Crippen molar-refractivity contribution < 1.29 is 24.5 Å². The predicted octanol–water partition coefficient (Wildman–Crippen LogP) is 2.89. The number of ether oxygens (including phenoxy) is 1. The number of carbonyl (C=O) groups is 2. The molecule has 3 heterocycles. The van der Waals surface area contributed by atoms with Crippen LogP contribution in [-0.4, -0.2) is 74.7 Å². The number of aromatic hydroxyl groups is 1. The van der Waals surface area contributed by atoms with Gasteiger partial charge in [0.2, 0.25) is 5.91 Å². The first-order valence-corrected chi connectivity index (χ1v) is 14.9. The molecule has 41 heavy (non-hydrogen) atoms. The number of pyridine rings is 1. The molecule has 4 bridgehead atoms. The normalized spacial score (nSPS) is 34.0. The van der Waals surface area contributed by atoms with Gasteiger partial charge in [0, 0.05) is 43.1 Å². The molecule has 3 N–H and O–H groups in total. The van der Waals surface area contributed by atoms with Gasteiger partial charge in [0.15, 0.2) is 11.5 Å². The number of amides is 2. The van der Waals surface area contributed by atoms with Crippen molar-refractivity contribution in [2.24, 2.45) is 11.3 Å². The number of rotatable bonds is 6. The minimum absolute atomic E-state index is 0.111. The van der Waals surface area contributed by atoms with Crippen LogP contribution in [0.2, 0.25) is 0 Å². The third kappa shape index (κ3) is 3.27. The summed E-state index contributed by atoms with van der Waals surface area (Å²) in [6.07, 6.45) is 6.98. The molecule has 2 aromatic rings. The molecule has 5 atom stereocenters. The lowest BCUT2D eigenvalue weighted by Gasteiger charge is -2.70. The topological polar surface area (TPSA) is 115 Å². The van der Waals surface area contributed by atoms with Gasteiger partial charge in [0.1, 0.15) is 17.5 Å². The van der Waals surface area contributed by atoms with E-state index in [2.05, 4.69) is 21.3 Å². The maximum Gasteiger partial charge on any atom is 0.252 e. The number of likely N-dealkylation sites (tertiary alicyclic amines) is 1. The van der Waals surface area contributed by atoms with E-state index >= 15 is 0 Å². The van der Waals surface area contributed by atoms with Gasteiger partial charge in [-0.25, -0.2) is 4.98 Å². The van der Waals surface area contributed by atoms with Crippen LogP contribution in [0.15, 0.2) is 42.0 Å². The summed E-state index contributed by atoms with van der Waals surface area (Å²) < 4.78 is 6.62. The molecule has 2 spiro atoms. The molecule has 2 aliphatic heterocycles. The second-order valence-corrected chi connectivity index (χ2v) is 13.2. The Kier molecular flexibility index (Phi) is 5.13. The zero-order valence-corrected chi connectivity index (χ0v) is 23.5. The Bertz CT molecular complexity index is 1540. The summed E-state index contributed by atoms with van der Waals surface area (Å²) in [4.78, 5) is 34.5. The fraction of sp³-hybridized carbons (Fsp3) is 0.531. The van der Waals surface area contributed by atoms with E-state index in [0.29, 0.717) is 29.3 Å². The maximum absolute atomic E-state index is 14.2. The zero-order valence-electron chi connectivity index (χ0n) is 23.5. The number of nitrogens with zero attached hydrogens (tertiary/aromatic N) is 3. The van der Waals surface area contributed by atoms with Gasteiger partial charge in [-0.2, -0.15) is 0 Å². The molecule has 3 fully saturated rings. The van der Waals surface area contributed by atoms with Gasteiger partial charge in [0.25, 0.3) is 5.91 Å².